The Hall–Kier alpha value is -2.90. The molecule has 3 rings (SSSR count). The summed E-state index contributed by atoms with van der Waals surface area (Å²) in [5.41, 5.74) is 1.07. The molecule has 0 aliphatic heterocycles. The lowest BCUT2D eigenvalue weighted by Gasteiger charge is -2.26. The number of carbonyl (C=O) groups is 2. The van der Waals surface area contributed by atoms with Crippen LogP contribution in [0.2, 0.25) is 0 Å². The third kappa shape index (κ3) is 4.79. The Balaban J connectivity index is 1.46. The van der Waals surface area contributed by atoms with Crippen molar-refractivity contribution in [2.75, 3.05) is 5.32 Å². The van der Waals surface area contributed by atoms with Gasteiger partial charge in [0.25, 0.3) is 0 Å². The first-order valence-corrected chi connectivity index (χ1v) is 8.33. The summed E-state index contributed by atoms with van der Waals surface area (Å²) < 4.78 is 1.74. The van der Waals surface area contributed by atoms with Gasteiger partial charge < -0.3 is 10.4 Å². The van der Waals surface area contributed by atoms with E-state index >= 15 is 0 Å². The van der Waals surface area contributed by atoms with Crippen LogP contribution in [-0.2, 0) is 11.3 Å². The highest BCUT2D eigenvalue weighted by molar-refractivity contribution is 5.88. The van der Waals surface area contributed by atoms with E-state index in [0.29, 0.717) is 38.0 Å². The number of nitrogens with one attached hydrogen (secondary N) is 2. The first-order chi connectivity index (χ1) is 12.1. The van der Waals surface area contributed by atoms with Gasteiger partial charge in [-0.3, -0.25) is 19.8 Å². The molecule has 2 heterocycles. The number of aliphatic carboxylic acids is 1. The Bertz CT molecular complexity index is 723. The molecule has 0 unspecified atom stereocenters. The van der Waals surface area contributed by atoms with Gasteiger partial charge in [0.1, 0.15) is 0 Å². The van der Waals surface area contributed by atoms with Crippen molar-refractivity contribution in [3.8, 4) is 0 Å². The van der Waals surface area contributed by atoms with Gasteiger partial charge in [0.2, 0.25) is 0 Å². The summed E-state index contributed by atoms with van der Waals surface area (Å²) in [6.07, 6.45) is 7.81. The highest BCUT2D eigenvalue weighted by Gasteiger charge is 2.26. The number of carbonyl (C=O) groups excluding carboxylic acids is 1. The summed E-state index contributed by atoms with van der Waals surface area (Å²) in [6, 6.07) is 5.26. The standard InChI is InChI=1S/C17H21N5O3/c23-16(24)13-1-3-14(4-2-13)19-17(25)20-15-7-10-22(21-15)11-12-5-8-18-9-6-12/h5-10,13-14H,1-4,11H2,(H,23,24)(H2,19,20,21,25). The molecule has 132 valence electrons. The second-order valence-electron chi connectivity index (χ2n) is 6.24. The molecule has 2 aromatic heterocycles. The second kappa shape index (κ2) is 7.78. The van der Waals surface area contributed by atoms with Crippen molar-refractivity contribution in [1.82, 2.24) is 20.1 Å². The lowest BCUT2D eigenvalue weighted by atomic mass is 9.86. The first kappa shape index (κ1) is 16.9. The maximum Gasteiger partial charge on any atom is 0.320 e. The molecule has 1 fully saturated rings. The SMILES string of the molecule is O=C(Nc1ccn(Cc2ccncc2)n1)NC1CCC(C(=O)O)CC1. The van der Waals surface area contributed by atoms with Crippen LogP contribution in [0, 0.1) is 5.92 Å². The number of anilines is 1. The summed E-state index contributed by atoms with van der Waals surface area (Å²) >= 11 is 0. The Kier molecular flexibility index (Phi) is 5.27. The number of aromatic nitrogens is 3. The summed E-state index contributed by atoms with van der Waals surface area (Å²) in [4.78, 5) is 27.0. The van der Waals surface area contributed by atoms with Gasteiger partial charge in [0.15, 0.2) is 5.82 Å². The minimum atomic E-state index is -0.748. The fourth-order valence-corrected chi connectivity index (χ4v) is 3.01. The number of pyridine rings is 1. The number of carboxylic acid groups (broad SMARTS) is 1. The molecule has 8 nitrogen and oxygen atoms in total. The van der Waals surface area contributed by atoms with E-state index in [0.717, 1.165) is 5.56 Å². The van der Waals surface area contributed by atoms with E-state index in [1.54, 1.807) is 29.3 Å². The van der Waals surface area contributed by atoms with Crippen LogP contribution in [0.4, 0.5) is 10.6 Å². The Labute approximate surface area is 145 Å². The quantitative estimate of drug-likeness (QED) is 0.770. The Morgan fingerprint density at radius 3 is 2.56 bits per heavy atom. The van der Waals surface area contributed by atoms with Crippen molar-refractivity contribution in [1.29, 1.82) is 0 Å². The van der Waals surface area contributed by atoms with E-state index in [-0.39, 0.29) is 18.0 Å². The van der Waals surface area contributed by atoms with Crippen LogP contribution in [0.25, 0.3) is 0 Å². The van der Waals surface area contributed by atoms with Crippen molar-refractivity contribution < 1.29 is 14.7 Å². The second-order valence-corrected chi connectivity index (χ2v) is 6.24. The van der Waals surface area contributed by atoms with Crippen molar-refractivity contribution >= 4 is 17.8 Å². The molecular formula is C17H21N5O3. The average molecular weight is 343 g/mol. The zero-order chi connectivity index (χ0) is 17.6. The third-order valence-electron chi connectivity index (χ3n) is 4.39. The molecule has 1 saturated carbocycles. The lowest BCUT2D eigenvalue weighted by Crippen LogP contribution is -2.41. The van der Waals surface area contributed by atoms with Gasteiger partial charge in [-0.25, -0.2) is 4.79 Å². The number of hydrogen-bond donors (Lipinski definition) is 3. The number of urea groups is 1. The molecule has 0 spiro atoms. The highest BCUT2D eigenvalue weighted by Crippen LogP contribution is 2.24. The Morgan fingerprint density at radius 2 is 1.88 bits per heavy atom. The molecule has 0 bridgehead atoms. The van der Waals surface area contributed by atoms with Crippen LogP contribution in [0.15, 0.2) is 36.8 Å². The molecule has 1 aliphatic rings. The van der Waals surface area contributed by atoms with Crippen LogP contribution in [0.3, 0.4) is 0 Å². The molecule has 0 aromatic carbocycles. The molecule has 0 radical (unpaired) electrons. The van der Waals surface area contributed by atoms with Crippen LogP contribution >= 0.6 is 0 Å². The molecule has 25 heavy (non-hydrogen) atoms. The minimum absolute atomic E-state index is 0.00880. The maximum absolute atomic E-state index is 12.1. The van der Waals surface area contributed by atoms with E-state index in [1.165, 1.54) is 0 Å². The summed E-state index contributed by atoms with van der Waals surface area (Å²) in [5.74, 6) is -0.557. The zero-order valence-electron chi connectivity index (χ0n) is 13.8. The lowest BCUT2D eigenvalue weighted by molar-refractivity contribution is -0.142. The number of rotatable bonds is 5. The molecule has 2 amide bonds. The van der Waals surface area contributed by atoms with Crippen LogP contribution in [-0.4, -0.2) is 37.9 Å². The van der Waals surface area contributed by atoms with Gasteiger partial charge in [-0.1, -0.05) is 0 Å². The molecule has 2 aromatic rings. The van der Waals surface area contributed by atoms with Crippen molar-refractivity contribution in [2.45, 2.75) is 38.3 Å². The molecular weight excluding hydrogens is 322 g/mol. The summed E-state index contributed by atoms with van der Waals surface area (Å²) in [6.45, 7) is 0.602. The van der Waals surface area contributed by atoms with Crippen LogP contribution in [0.5, 0.6) is 0 Å². The number of nitrogens with zero attached hydrogens (tertiary/aromatic N) is 3. The van der Waals surface area contributed by atoms with Gasteiger partial charge in [-0.05, 0) is 43.4 Å². The average Bonchev–Trinajstić information content (AvgIpc) is 3.03. The smallest absolute Gasteiger partial charge is 0.320 e. The Morgan fingerprint density at radius 1 is 1.16 bits per heavy atom. The molecule has 0 saturated heterocycles. The van der Waals surface area contributed by atoms with Gasteiger partial charge in [0, 0.05) is 30.7 Å². The highest BCUT2D eigenvalue weighted by atomic mass is 16.4. The van der Waals surface area contributed by atoms with Gasteiger partial charge in [-0.2, -0.15) is 5.10 Å². The number of carboxylic acids is 1. The minimum Gasteiger partial charge on any atom is -0.481 e. The predicted octanol–water partition coefficient (Wildman–Crippen LogP) is 2.09. The van der Waals surface area contributed by atoms with E-state index < -0.39 is 5.97 Å². The zero-order valence-corrected chi connectivity index (χ0v) is 13.8. The topological polar surface area (TPSA) is 109 Å². The fourth-order valence-electron chi connectivity index (χ4n) is 3.01. The van der Waals surface area contributed by atoms with Crippen molar-refractivity contribution in [3.63, 3.8) is 0 Å². The first-order valence-electron chi connectivity index (χ1n) is 8.33. The van der Waals surface area contributed by atoms with E-state index in [4.69, 9.17) is 5.11 Å². The number of amides is 2. The third-order valence-corrected chi connectivity index (χ3v) is 4.39. The van der Waals surface area contributed by atoms with Gasteiger partial charge in [-0.15, -0.1) is 0 Å². The largest absolute Gasteiger partial charge is 0.481 e. The monoisotopic (exact) mass is 343 g/mol. The van der Waals surface area contributed by atoms with Crippen LogP contribution < -0.4 is 10.6 Å². The normalized spacial score (nSPS) is 20.0. The molecule has 1 aliphatic carbocycles. The summed E-state index contributed by atoms with van der Waals surface area (Å²) in [5, 5.41) is 18.9. The fraction of sp³-hybridized carbons (Fsp3) is 0.412. The van der Waals surface area contributed by atoms with Crippen molar-refractivity contribution in [3.05, 3.63) is 42.4 Å². The molecule has 8 heteroatoms. The van der Waals surface area contributed by atoms with E-state index in [1.807, 2.05) is 12.1 Å². The van der Waals surface area contributed by atoms with Crippen molar-refractivity contribution in [2.24, 2.45) is 5.92 Å². The molecule has 0 atom stereocenters. The van der Waals surface area contributed by atoms with E-state index in [2.05, 4.69) is 20.7 Å². The van der Waals surface area contributed by atoms with Gasteiger partial charge >= 0.3 is 12.0 Å². The molecule has 3 N–H and O–H groups in total. The maximum atomic E-state index is 12.1. The predicted molar refractivity (Wildman–Crippen MR) is 91.1 cm³/mol. The van der Waals surface area contributed by atoms with Gasteiger partial charge in [0.05, 0.1) is 12.5 Å². The number of hydrogen-bond acceptors (Lipinski definition) is 4. The van der Waals surface area contributed by atoms with E-state index in [9.17, 15) is 9.59 Å². The van der Waals surface area contributed by atoms with Crippen LogP contribution in [0.1, 0.15) is 31.2 Å². The summed E-state index contributed by atoms with van der Waals surface area (Å²) in [7, 11) is 0.